The number of rotatable bonds is 5. The Kier molecular flexibility index (Phi) is 4.58. The highest BCUT2D eigenvalue weighted by Crippen LogP contribution is 2.30. The molecule has 2 nitrogen and oxygen atoms in total. The number of hydrogen-bond donors (Lipinski definition) is 2. The highest BCUT2D eigenvalue weighted by atomic mass is 16.3. The Morgan fingerprint density at radius 3 is 2.47 bits per heavy atom. The van der Waals surface area contributed by atoms with Gasteiger partial charge < -0.3 is 10.2 Å². The van der Waals surface area contributed by atoms with Gasteiger partial charge in [-0.1, -0.05) is 25.5 Å². The quantitative estimate of drug-likeness (QED) is 0.817. The first kappa shape index (κ1) is 14.0. The molecule has 0 amide bonds. The maximum absolute atomic E-state index is 9.87. The Balaban J connectivity index is 2.55. The first-order valence-electron chi connectivity index (χ1n) is 6.31. The van der Waals surface area contributed by atoms with Crippen LogP contribution in [-0.4, -0.2) is 15.8 Å². The second-order valence-corrected chi connectivity index (χ2v) is 5.67. The normalized spacial score (nSPS) is 13.7. The van der Waals surface area contributed by atoms with Crippen LogP contribution >= 0.6 is 0 Å². The van der Waals surface area contributed by atoms with E-state index in [0.717, 1.165) is 30.4 Å². The molecule has 2 heteroatoms. The Bertz CT molecular complexity index is 364. The average molecular weight is 236 g/mol. The van der Waals surface area contributed by atoms with E-state index in [2.05, 4.69) is 6.92 Å². The van der Waals surface area contributed by atoms with E-state index in [4.69, 9.17) is 0 Å². The van der Waals surface area contributed by atoms with Crippen LogP contribution in [0.25, 0.3) is 0 Å². The van der Waals surface area contributed by atoms with Crippen LogP contribution in [0.4, 0.5) is 0 Å². The van der Waals surface area contributed by atoms with Crippen LogP contribution < -0.4 is 0 Å². The summed E-state index contributed by atoms with van der Waals surface area (Å²) < 4.78 is 0. The maximum atomic E-state index is 9.87. The number of hydrogen-bond acceptors (Lipinski definition) is 2. The van der Waals surface area contributed by atoms with E-state index in [1.165, 1.54) is 0 Å². The lowest BCUT2D eigenvalue weighted by Gasteiger charge is -2.19. The van der Waals surface area contributed by atoms with Gasteiger partial charge >= 0.3 is 0 Å². The lowest BCUT2D eigenvalue weighted by atomic mass is 9.91. The van der Waals surface area contributed by atoms with E-state index < -0.39 is 5.60 Å². The zero-order chi connectivity index (χ0) is 13.1. The van der Waals surface area contributed by atoms with Crippen molar-refractivity contribution in [2.75, 3.05) is 0 Å². The van der Waals surface area contributed by atoms with Crippen LogP contribution in [0.3, 0.4) is 0 Å². The van der Waals surface area contributed by atoms with E-state index in [0.29, 0.717) is 11.7 Å². The summed E-state index contributed by atoms with van der Waals surface area (Å²) in [5.74, 6) is 0.721. The van der Waals surface area contributed by atoms with Crippen molar-refractivity contribution in [2.45, 2.75) is 58.5 Å². The summed E-state index contributed by atoms with van der Waals surface area (Å²) in [6.45, 7) is 7.76. The Labute approximate surface area is 104 Å². The molecule has 1 aromatic rings. The highest BCUT2D eigenvalue weighted by molar-refractivity contribution is 5.38. The first-order chi connectivity index (χ1) is 7.79. The summed E-state index contributed by atoms with van der Waals surface area (Å²) >= 11 is 0. The molecule has 0 aromatic heterocycles. The molecule has 0 radical (unpaired) electrons. The van der Waals surface area contributed by atoms with E-state index in [1.54, 1.807) is 0 Å². The molecule has 17 heavy (non-hydrogen) atoms. The van der Waals surface area contributed by atoms with Crippen LogP contribution in [0.1, 0.15) is 57.1 Å². The summed E-state index contributed by atoms with van der Waals surface area (Å²) in [5, 5.41) is 19.5. The van der Waals surface area contributed by atoms with E-state index in [1.807, 2.05) is 39.0 Å². The summed E-state index contributed by atoms with van der Waals surface area (Å²) in [4.78, 5) is 0. The minimum absolute atomic E-state index is 0.331. The molecule has 0 saturated heterocycles. The molecule has 0 fully saturated rings. The van der Waals surface area contributed by atoms with Gasteiger partial charge in [0.15, 0.2) is 0 Å². The summed E-state index contributed by atoms with van der Waals surface area (Å²) in [5.41, 5.74) is 1.50. The van der Waals surface area contributed by atoms with Crippen molar-refractivity contribution < 1.29 is 10.2 Å². The topological polar surface area (TPSA) is 40.5 Å². The minimum atomic E-state index is -0.588. The van der Waals surface area contributed by atoms with Gasteiger partial charge in [-0.3, -0.25) is 0 Å². The van der Waals surface area contributed by atoms with Crippen molar-refractivity contribution in [3.63, 3.8) is 0 Å². The first-order valence-corrected chi connectivity index (χ1v) is 6.31. The molecule has 1 aromatic carbocycles. The molecule has 0 aliphatic heterocycles. The summed E-state index contributed by atoms with van der Waals surface area (Å²) in [6, 6.07) is 5.84. The smallest absolute Gasteiger partial charge is 0.119 e. The molecule has 0 spiro atoms. The second kappa shape index (κ2) is 5.54. The van der Waals surface area contributed by atoms with E-state index in [-0.39, 0.29) is 0 Å². The molecule has 2 N–H and O–H groups in total. The Morgan fingerprint density at radius 1 is 1.29 bits per heavy atom. The fraction of sp³-hybridized carbons (Fsp3) is 0.600. The Hall–Kier alpha value is -1.02. The number of benzene rings is 1. The van der Waals surface area contributed by atoms with Crippen LogP contribution in [0.2, 0.25) is 0 Å². The Morgan fingerprint density at radius 2 is 1.94 bits per heavy atom. The number of aromatic hydroxyl groups is 1. The monoisotopic (exact) mass is 236 g/mol. The van der Waals surface area contributed by atoms with E-state index in [9.17, 15) is 10.2 Å². The van der Waals surface area contributed by atoms with Gasteiger partial charge in [-0.2, -0.15) is 0 Å². The standard InChI is InChI=1S/C15H24O2/c1-11-7-8-13(14(16)10-11)12(2)6-5-9-15(3,4)17/h7-8,10,12,16-17H,5-6,9H2,1-4H3. The lowest BCUT2D eigenvalue weighted by molar-refractivity contribution is 0.0678. The molecule has 0 saturated carbocycles. The van der Waals surface area contributed by atoms with Gasteiger partial charge in [-0.25, -0.2) is 0 Å². The van der Waals surface area contributed by atoms with Gasteiger partial charge in [0.2, 0.25) is 0 Å². The van der Waals surface area contributed by atoms with Crippen molar-refractivity contribution in [3.05, 3.63) is 29.3 Å². The number of phenolic OH excluding ortho intramolecular Hbond substituents is 1. The fourth-order valence-corrected chi connectivity index (χ4v) is 2.07. The average Bonchev–Trinajstić information content (AvgIpc) is 2.15. The predicted molar refractivity (Wildman–Crippen MR) is 71.4 cm³/mol. The maximum Gasteiger partial charge on any atom is 0.119 e. The molecule has 0 heterocycles. The third-order valence-electron chi connectivity index (χ3n) is 3.14. The van der Waals surface area contributed by atoms with Crippen molar-refractivity contribution in [3.8, 4) is 5.75 Å². The minimum Gasteiger partial charge on any atom is -0.508 e. The van der Waals surface area contributed by atoms with Gasteiger partial charge in [-0.15, -0.1) is 0 Å². The summed E-state index contributed by atoms with van der Waals surface area (Å²) in [7, 11) is 0. The number of phenols is 1. The van der Waals surface area contributed by atoms with Crippen LogP contribution in [0.15, 0.2) is 18.2 Å². The zero-order valence-corrected chi connectivity index (χ0v) is 11.3. The lowest BCUT2D eigenvalue weighted by Crippen LogP contribution is -2.18. The van der Waals surface area contributed by atoms with Crippen molar-refractivity contribution in [1.29, 1.82) is 0 Å². The molecule has 1 unspecified atom stereocenters. The fourth-order valence-electron chi connectivity index (χ4n) is 2.07. The zero-order valence-electron chi connectivity index (χ0n) is 11.3. The second-order valence-electron chi connectivity index (χ2n) is 5.67. The number of aliphatic hydroxyl groups is 1. The molecular formula is C15H24O2. The molecule has 0 bridgehead atoms. The molecule has 1 rings (SSSR count). The third-order valence-corrected chi connectivity index (χ3v) is 3.14. The highest BCUT2D eigenvalue weighted by Gasteiger charge is 2.15. The third kappa shape index (κ3) is 4.78. The largest absolute Gasteiger partial charge is 0.508 e. The molecular weight excluding hydrogens is 212 g/mol. The molecule has 96 valence electrons. The van der Waals surface area contributed by atoms with Crippen molar-refractivity contribution >= 4 is 0 Å². The van der Waals surface area contributed by atoms with Gasteiger partial charge in [0, 0.05) is 0 Å². The van der Waals surface area contributed by atoms with Crippen LogP contribution in [-0.2, 0) is 0 Å². The van der Waals surface area contributed by atoms with E-state index >= 15 is 0 Å². The van der Waals surface area contributed by atoms with Crippen molar-refractivity contribution in [2.24, 2.45) is 0 Å². The molecule has 0 aliphatic rings. The number of aryl methyl sites for hydroxylation is 1. The van der Waals surface area contributed by atoms with Crippen LogP contribution in [0.5, 0.6) is 5.75 Å². The predicted octanol–water partition coefficient (Wildman–Crippen LogP) is 3.75. The SMILES string of the molecule is Cc1ccc(C(C)CCCC(C)(C)O)c(O)c1. The molecule has 0 aliphatic carbocycles. The van der Waals surface area contributed by atoms with Crippen molar-refractivity contribution in [1.82, 2.24) is 0 Å². The van der Waals surface area contributed by atoms with Gasteiger partial charge in [0.25, 0.3) is 0 Å². The summed E-state index contributed by atoms with van der Waals surface area (Å²) in [6.07, 6.45) is 2.75. The van der Waals surface area contributed by atoms with Gasteiger partial charge in [0.1, 0.15) is 5.75 Å². The van der Waals surface area contributed by atoms with Gasteiger partial charge in [0.05, 0.1) is 5.60 Å². The van der Waals surface area contributed by atoms with Gasteiger partial charge in [-0.05, 0) is 56.7 Å². The molecule has 1 atom stereocenters. The van der Waals surface area contributed by atoms with Crippen LogP contribution in [0, 0.1) is 6.92 Å².